The first-order valence-electron chi connectivity index (χ1n) is 28.6. The minimum atomic E-state index is -2.09. The number of esters is 2. The second-order valence-electron chi connectivity index (χ2n) is 25.8. The number of carboxylic acid groups (broad SMARTS) is 1. The van der Waals surface area contributed by atoms with Gasteiger partial charge in [-0.15, -0.1) is 0 Å². The molecule has 7 rings (SSSR count). The molecule has 81 heavy (non-hydrogen) atoms. The minimum absolute atomic E-state index is 0.0793. The van der Waals surface area contributed by atoms with E-state index in [9.17, 15) is 75.7 Å². The number of aliphatic carboxylic acids is 1. The van der Waals surface area contributed by atoms with Gasteiger partial charge in [-0.05, 0) is 114 Å². The number of rotatable bonds is 19. The number of aliphatic hydroxyl groups is 11. The molecule has 0 amide bonds. The van der Waals surface area contributed by atoms with E-state index in [2.05, 4.69) is 26.8 Å². The van der Waals surface area contributed by atoms with Crippen molar-refractivity contribution in [3.05, 3.63) is 34.9 Å². The average molecular weight is 1160 g/mol. The van der Waals surface area contributed by atoms with Crippen LogP contribution in [0.4, 0.5) is 0 Å². The lowest BCUT2D eigenvalue weighted by Crippen LogP contribution is -2.72. The topological polar surface area (TPSA) is 368 Å². The second kappa shape index (κ2) is 24.7. The first kappa shape index (κ1) is 65.5. The van der Waals surface area contributed by atoms with Gasteiger partial charge >= 0.3 is 17.9 Å². The van der Waals surface area contributed by atoms with Gasteiger partial charge in [0.1, 0.15) is 61.0 Å². The number of ether oxygens (including phenoxy) is 8. The monoisotopic (exact) mass is 1160 g/mol. The molecule has 0 spiro atoms. The highest BCUT2D eigenvalue weighted by Gasteiger charge is 2.74. The summed E-state index contributed by atoms with van der Waals surface area (Å²) in [7, 11) is 0. The summed E-state index contributed by atoms with van der Waals surface area (Å²) in [6.45, 7) is 16.9. The molecular weight excluding hydrogens is 1060 g/mol. The zero-order chi connectivity index (χ0) is 60.3. The summed E-state index contributed by atoms with van der Waals surface area (Å²) in [5.74, 6) is -3.82. The third-order valence-electron chi connectivity index (χ3n) is 21.1. The lowest BCUT2D eigenvalue weighted by molar-refractivity contribution is -0.387. The fourth-order valence-electron chi connectivity index (χ4n) is 15.9. The Balaban J connectivity index is 1.25. The third-order valence-corrected chi connectivity index (χ3v) is 21.1. The summed E-state index contributed by atoms with van der Waals surface area (Å²) >= 11 is 0. The van der Waals surface area contributed by atoms with E-state index in [1.807, 2.05) is 20.8 Å². The molecule has 2 aliphatic heterocycles. The molecule has 2 heterocycles. The fraction of sp³-hybridized carbons (Fsp3) is 0.845. The smallest absolute Gasteiger partial charge is 0.335 e. The molecule has 6 fully saturated rings. The van der Waals surface area contributed by atoms with Crippen molar-refractivity contribution in [1.82, 2.24) is 0 Å². The van der Waals surface area contributed by atoms with Crippen molar-refractivity contribution in [1.29, 1.82) is 0 Å². The predicted molar refractivity (Wildman–Crippen MR) is 284 cm³/mol. The maximum atomic E-state index is 13.8. The largest absolute Gasteiger partial charge is 0.479 e. The van der Waals surface area contributed by atoms with E-state index in [4.69, 9.17) is 37.9 Å². The molecule has 0 bridgehead atoms. The molecule has 0 aromatic rings. The maximum Gasteiger partial charge on any atom is 0.335 e. The van der Waals surface area contributed by atoms with Gasteiger partial charge in [-0.1, -0.05) is 65.3 Å². The SMILES string of the molecule is C/C=C(/C)C(=O)O[C@H]1[C@H](OC(=O)/C(C)=C\C)[C@@]2(CO)C(CC1(C)C)C1=CCC3[C@@]4(C)CC[C@H](O[C@@H]5OC(C(=O)O)[C@@H](O)C(OC(C)O[C@@H](CO)C(O)CO)C5O[C@@H]5OC(CO)[C@@H](O)C(O)C5O)[C@](C)(CO)C4CC[C@@]3(C)[C@]1(C)C[C@H]2O. The number of fused-ring (bicyclic) bond motifs is 7. The van der Waals surface area contributed by atoms with Gasteiger partial charge in [0.2, 0.25) is 0 Å². The molecule has 0 radical (unpaired) electrons. The molecule has 4 saturated carbocycles. The van der Waals surface area contributed by atoms with Crippen LogP contribution in [0, 0.1) is 50.2 Å². The minimum Gasteiger partial charge on any atom is -0.479 e. The Morgan fingerprint density at radius 1 is 0.741 bits per heavy atom. The van der Waals surface area contributed by atoms with Gasteiger partial charge in [0.05, 0.1) is 50.7 Å². The average Bonchev–Trinajstić information content (AvgIpc) is 3.61. The van der Waals surface area contributed by atoms with Crippen LogP contribution in [0.15, 0.2) is 34.9 Å². The Hall–Kier alpha value is -3.05. The van der Waals surface area contributed by atoms with Gasteiger partial charge in [0.15, 0.2) is 31.1 Å². The highest BCUT2D eigenvalue weighted by molar-refractivity contribution is 5.89. The fourth-order valence-corrected chi connectivity index (χ4v) is 15.9. The van der Waals surface area contributed by atoms with Gasteiger partial charge < -0.3 is 99.2 Å². The van der Waals surface area contributed by atoms with Gasteiger partial charge in [-0.2, -0.15) is 0 Å². The van der Waals surface area contributed by atoms with Crippen molar-refractivity contribution in [2.45, 2.75) is 225 Å². The summed E-state index contributed by atoms with van der Waals surface area (Å²) in [5, 5.41) is 131. The highest BCUT2D eigenvalue weighted by atomic mass is 16.8. The van der Waals surface area contributed by atoms with Crippen molar-refractivity contribution in [2.24, 2.45) is 50.2 Å². The predicted octanol–water partition coefficient (Wildman–Crippen LogP) is 0.902. The van der Waals surface area contributed by atoms with Crippen molar-refractivity contribution >= 4 is 17.9 Å². The van der Waals surface area contributed by atoms with Crippen LogP contribution in [0.5, 0.6) is 0 Å². The molecule has 2 saturated heterocycles. The van der Waals surface area contributed by atoms with E-state index in [0.29, 0.717) is 43.3 Å². The number of carbonyl (C=O) groups is 3. The van der Waals surface area contributed by atoms with Crippen LogP contribution in [-0.2, 0) is 52.3 Å². The van der Waals surface area contributed by atoms with Gasteiger partial charge in [-0.25, -0.2) is 14.4 Å². The Morgan fingerprint density at radius 2 is 1.37 bits per heavy atom. The maximum absolute atomic E-state index is 13.8. The van der Waals surface area contributed by atoms with Crippen molar-refractivity contribution in [3.8, 4) is 0 Å². The van der Waals surface area contributed by atoms with Crippen LogP contribution in [0.1, 0.15) is 121 Å². The number of carboxylic acids is 1. The van der Waals surface area contributed by atoms with Crippen LogP contribution >= 0.6 is 0 Å². The normalized spacial score (nSPS) is 45.4. The van der Waals surface area contributed by atoms with Crippen LogP contribution in [0.3, 0.4) is 0 Å². The summed E-state index contributed by atoms with van der Waals surface area (Å²) in [5.41, 5.74) is -3.51. The van der Waals surface area contributed by atoms with Crippen molar-refractivity contribution in [3.63, 3.8) is 0 Å². The zero-order valence-electron chi connectivity index (χ0n) is 48.6. The summed E-state index contributed by atoms with van der Waals surface area (Å²) in [4.78, 5) is 40.3. The van der Waals surface area contributed by atoms with E-state index in [1.54, 1.807) is 39.8 Å². The Morgan fingerprint density at radius 3 is 1.93 bits per heavy atom. The lowest BCUT2D eigenvalue weighted by Gasteiger charge is -2.72. The number of aliphatic hydroxyl groups excluding tert-OH is 11. The molecular formula is C58H92O23. The molecule has 462 valence electrons. The second-order valence-corrected chi connectivity index (χ2v) is 25.8. The molecule has 0 aromatic carbocycles. The molecule has 23 heteroatoms. The van der Waals surface area contributed by atoms with E-state index >= 15 is 0 Å². The lowest BCUT2D eigenvalue weighted by atomic mass is 9.33. The molecule has 23 nitrogen and oxygen atoms in total. The quantitative estimate of drug-likeness (QED) is 0.0281. The Kier molecular flexibility index (Phi) is 20.0. The van der Waals surface area contributed by atoms with Crippen LogP contribution in [0.2, 0.25) is 0 Å². The Labute approximate surface area is 473 Å². The van der Waals surface area contributed by atoms with E-state index in [0.717, 1.165) is 5.57 Å². The van der Waals surface area contributed by atoms with E-state index < -0.39 is 194 Å². The van der Waals surface area contributed by atoms with E-state index in [1.165, 1.54) is 6.92 Å². The third kappa shape index (κ3) is 11.1. The standard InChI is InChI=1S/C58H92O23/c1-12-27(3)49(72)80-46-47(81-50(73)28(4)13-2)58(26-63)31(20-53(46,6)7)30-14-15-36-54(8)18-17-38(55(9,25-62)35(54)16-19-56(36,10)57(30,11)21-37(58)65)77-52-45(79-51-41(68)40(67)39(66)34(24-61)76-51)43(42(69)44(78-52)48(70)71)75-29(5)74-33(23-60)32(64)22-59/h12-14,29,31-47,51-52,59-69H,15-26H2,1-11H3,(H,70,71)/b27-12-,28-13-/t29?,31?,32?,33-,34?,35?,36?,37+,38-,39+,40?,41?,42-,43?,44?,45?,46-,47-,51-,52+,54-,55+,56+,57+,58-/m0/s1. The molecule has 0 aromatic heterocycles. The van der Waals surface area contributed by atoms with Crippen molar-refractivity contribution in [2.75, 3.05) is 33.0 Å². The summed E-state index contributed by atoms with van der Waals surface area (Å²) in [6.07, 6.45) is -19.2. The Bertz CT molecular complexity index is 2340. The first-order chi connectivity index (χ1) is 37.9. The first-order valence-corrected chi connectivity index (χ1v) is 28.6. The van der Waals surface area contributed by atoms with Crippen LogP contribution in [0.25, 0.3) is 0 Å². The summed E-state index contributed by atoms with van der Waals surface area (Å²) < 4.78 is 49.3. The number of allylic oxidation sites excluding steroid dienone is 4. The zero-order valence-corrected chi connectivity index (χ0v) is 48.6. The molecule has 5 aliphatic carbocycles. The number of hydrogen-bond donors (Lipinski definition) is 12. The number of carbonyl (C=O) groups excluding carboxylic acids is 2. The van der Waals surface area contributed by atoms with Crippen LogP contribution in [-0.4, -0.2) is 217 Å². The van der Waals surface area contributed by atoms with Gasteiger partial charge in [0, 0.05) is 22.0 Å². The molecule has 11 unspecified atom stereocenters. The van der Waals surface area contributed by atoms with Crippen molar-refractivity contribution < 1.29 is 114 Å². The summed E-state index contributed by atoms with van der Waals surface area (Å²) in [6, 6.07) is 0. The van der Waals surface area contributed by atoms with E-state index in [-0.39, 0.29) is 24.7 Å². The molecule has 25 atom stereocenters. The van der Waals surface area contributed by atoms with Crippen LogP contribution < -0.4 is 0 Å². The van der Waals surface area contributed by atoms with Gasteiger partial charge in [-0.3, -0.25) is 0 Å². The van der Waals surface area contributed by atoms with Gasteiger partial charge in [0.25, 0.3) is 0 Å². The molecule has 12 N–H and O–H groups in total. The molecule has 7 aliphatic rings. The number of hydrogen-bond acceptors (Lipinski definition) is 22. The highest BCUT2D eigenvalue weighted by Crippen LogP contribution is 2.76.